The first-order chi connectivity index (χ1) is 8.01. The molecule has 0 nitrogen and oxygen atoms in total. The number of hydrogen-bond donors (Lipinski definition) is 0. The van der Waals surface area contributed by atoms with E-state index in [1.165, 1.54) is 31.7 Å². The summed E-state index contributed by atoms with van der Waals surface area (Å²) in [5, 5.41) is 0. The lowest BCUT2D eigenvalue weighted by atomic mass is 9.63. The Balaban J connectivity index is 2.28. The maximum Gasteiger partial charge on any atom is 0.123 e. The van der Waals surface area contributed by atoms with Crippen LogP contribution in [-0.4, -0.2) is 0 Å². The van der Waals surface area contributed by atoms with Gasteiger partial charge >= 0.3 is 0 Å². The van der Waals surface area contributed by atoms with E-state index < -0.39 is 0 Å². The number of hydrogen-bond acceptors (Lipinski definition) is 0. The van der Waals surface area contributed by atoms with Gasteiger partial charge in [0.05, 0.1) is 0 Å². The van der Waals surface area contributed by atoms with E-state index in [9.17, 15) is 4.39 Å². The van der Waals surface area contributed by atoms with Crippen molar-refractivity contribution in [1.82, 2.24) is 0 Å². The molecule has 0 radical (unpaired) electrons. The van der Waals surface area contributed by atoms with Crippen molar-refractivity contribution >= 4 is 0 Å². The van der Waals surface area contributed by atoms with Gasteiger partial charge in [0.15, 0.2) is 0 Å². The standard InChI is InChI=1S/C16H23F/c1-12-7-4-5-10-15(12)16(2,3)13-8-6-9-14(17)11-13/h6,8-9,11-12,15H,4-5,7,10H2,1-3H3. The van der Waals surface area contributed by atoms with E-state index in [-0.39, 0.29) is 11.2 Å². The molecule has 17 heavy (non-hydrogen) atoms. The highest BCUT2D eigenvalue weighted by Gasteiger charge is 2.36. The number of benzene rings is 1. The molecule has 0 bridgehead atoms. The summed E-state index contributed by atoms with van der Waals surface area (Å²) in [6, 6.07) is 7.15. The largest absolute Gasteiger partial charge is 0.207 e. The molecule has 1 saturated carbocycles. The Bertz CT molecular complexity index is 381. The van der Waals surface area contributed by atoms with Crippen molar-refractivity contribution in [3.8, 4) is 0 Å². The third kappa shape index (κ3) is 2.53. The molecule has 2 rings (SSSR count). The van der Waals surface area contributed by atoms with Gasteiger partial charge in [0.2, 0.25) is 0 Å². The second-order valence-corrected chi connectivity index (χ2v) is 6.10. The van der Waals surface area contributed by atoms with Crippen LogP contribution in [0.3, 0.4) is 0 Å². The molecule has 1 aliphatic rings. The van der Waals surface area contributed by atoms with Crippen molar-refractivity contribution in [1.29, 1.82) is 0 Å². The first-order valence-electron chi connectivity index (χ1n) is 6.78. The first kappa shape index (κ1) is 12.6. The van der Waals surface area contributed by atoms with Crippen molar-refractivity contribution in [2.75, 3.05) is 0 Å². The van der Waals surface area contributed by atoms with Gasteiger partial charge in [-0.25, -0.2) is 4.39 Å². The van der Waals surface area contributed by atoms with E-state index in [2.05, 4.69) is 26.8 Å². The van der Waals surface area contributed by atoms with Crippen LogP contribution in [0.1, 0.15) is 52.0 Å². The average molecular weight is 234 g/mol. The fraction of sp³-hybridized carbons (Fsp3) is 0.625. The van der Waals surface area contributed by atoms with Crippen LogP contribution in [0.5, 0.6) is 0 Å². The topological polar surface area (TPSA) is 0 Å². The molecular formula is C16H23F. The smallest absolute Gasteiger partial charge is 0.123 e. The van der Waals surface area contributed by atoms with Crippen LogP contribution in [-0.2, 0) is 5.41 Å². The van der Waals surface area contributed by atoms with Crippen LogP contribution < -0.4 is 0 Å². The lowest BCUT2D eigenvalue weighted by molar-refractivity contribution is 0.163. The Morgan fingerprint density at radius 2 is 1.88 bits per heavy atom. The summed E-state index contributed by atoms with van der Waals surface area (Å²) in [6.07, 6.45) is 5.29. The normalized spacial score (nSPS) is 25.9. The molecule has 1 aliphatic carbocycles. The average Bonchev–Trinajstić information content (AvgIpc) is 2.29. The Hall–Kier alpha value is -0.850. The van der Waals surface area contributed by atoms with Crippen molar-refractivity contribution in [3.05, 3.63) is 35.6 Å². The quantitative estimate of drug-likeness (QED) is 0.680. The predicted octanol–water partition coefficient (Wildman–Crippen LogP) is 4.93. The molecule has 0 spiro atoms. The highest BCUT2D eigenvalue weighted by molar-refractivity contribution is 5.25. The Morgan fingerprint density at radius 1 is 1.18 bits per heavy atom. The van der Waals surface area contributed by atoms with E-state index in [0.29, 0.717) is 5.92 Å². The van der Waals surface area contributed by atoms with Gasteiger partial charge in [0.25, 0.3) is 0 Å². The number of rotatable bonds is 2. The van der Waals surface area contributed by atoms with Gasteiger partial charge in [-0.2, -0.15) is 0 Å². The van der Waals surface area contributed by atoms with E-state index in [1.807, 2.05) is 6.07 Å². The molecule has 0 saturated heterocycles. The molecule has 0 aliphatic heterocycles. The van der Waals surface area contributed by atoms with Gasteiger partial charge in [-0.1, -0.05) is 52.2 Å². The zero-order chi connectivity index (χ0) is 12.5. The molecule has 1 fully saturated rings. The minimum absolute atomic E-state index is 0.0853. The van der Waals surface area contributed by atoms with E-state index in [1.54, 1.807) is 6.07 Å². The monoisotopic (exact) mass is 234 g/mol. The lowest BCUT2D eigenvalue weighted by Gasteiger charge is -2.41. The molecule has 94 valence electrons. The minimum atomic E-state index is -0.112. The van der Waals surface area contributed by atoms with Gasteiger partial charge in [-0.05, 0) is 41.4 Å². The molecule has 0 aromatic heterocycles. The van der Waals surface area contributed by atoms with Crippen molar-refractivity contribution in [2.45, 2.75) is 51.9 Å². The Morgan fingerprint density at radius 3 is 2.53 bits per heavy atom. The van der Waals surface area contributed by atoms with Crippen LogP contribution in [0, 0.1) is 17.7 Å². The summed E-state index contributed by atoms with van der Waals surface area (Å²) in [7, 11) is 0. The summed E-state index contributed by atoms with van der Waals surface area (Å²) in [6.45, 7) is 6.90. The second-order valence-electron chi connectivity index (χ2n) is 6.10. The van der Waals surface area contributed by atoms with Gasteiger partial charge < -0.3 is 0 Å². The van der Waals surface area contributed by atoms with Crippen LogP contribution in [0.25, 0.3) is 0 Å². The molecule has 0 heterocycles. The first-order valence-corrected chi connectivity index (χ1v) is 6.78. The van der Waals surface area contributed by atoms with Crippen molar-refractivity contribution in [3.63, 3.8) is 0 Å². The second kappa shape index (κ2) is 4.80. The predicted molar refractivity (Wildman–Crippen MR) is 70.5 cm³/mol. The molecule has 0 amide bonds. The Kier molecular flexibility index (Phi) is 3.56. The van der Waals surface area contributed by atoms with Gasteiger partial charge in [-0.3, -0.25) is 0 Å². The summed E-state index contributed by atoms with van der Waals surface area (Å²) in [5.41, 5.74) is 1.23. The van der Waals surface area contributed by atoms with Crippen LogP contribution in [0.4, 0.5) is 4.39 Å². The summed E-state index contributed by atoms with van der Waals surface area (Å²) in [4.78, 5) is 0. The SMILES string of the molecule is CC1CCCCC1C(C)(C)c1cccc(F)c1. The summed E-state index contributed by atoms with van der Waals surface area (Å²) < 4.78 is 13.4. The highest BCUT2D eigenvalue weighted by atomic mass is 19.1. The van der Waals surface area contributed by atoms with Gasteiger partial charge in [0, 0.05) is 0 Å². The minimum Gasteiger partial charge on any atom is -0.207 e. The molecule has 0 N–H and O–H groups in total. The molecule has 1 aromatic carbocycles. The maximum atomic E-state index is 13.4. The van der Waals surface area contributed by atoms with Gasteiger partial charge in [0.1, 0.15) is 5.82 Å². The maximum absolute atomic E-state index is 13.4. The van der Waals surface area contributed by atoms with Crippen molar-refractivity contribution < 1.29 is 4.39 Å². The zero-order valence-corrected chi connectivity index (χ0v) is 11.2. The molecule has 2 unspecified atom stereocenters. The summed E-state index contributed by atoms with van der Waals surface area (Å²) >= 11 is 0. The lowest BCUT2D eigenvalue weighted by Crippen LogP contribution is -2.35. The summed E-state index contributed by atoms with van der Waals surface area (Å²) in [5.74, 6) is 1.32. The van der Waals surface area contributed by atoms with E-state index in [0.717, 1.165) is 11.5 Å². The van der Waals surface area contributed by atoms with E-state index in [4.69, 9.17) is 0 Å². The molecular weight excluding hydrogens is 211 g/mol. The fourth-order valence-corrected chi connectivity index (χ4v) is 3.49. The number of halogens is 1. The van der Waals surface area contributed by atoms with Gasteiger partial charge in [-0.15, -0.1) is 0 Å². The van der Waals surface area contributed by atoms with Crippen LogP contribution in [0.2, 0.25) is 0 Å². The third-order valence-corrected chi connectivity index (χ3v) is 4.61. The van der Waals surface area contributed by atoms with E-state index >= 15 is 0 Å². The Labute approximate surface area is 104 Å². The fourth-order valence-electron chi connectivity index (χ4n) is 3.49. The third-order valence-electron chi connectivity index (χ3n) is 4.61. The van der Waals surface area contributed by atoms with Crippen LogP contribution in [0.15, 0.2) is 24.3 Å². The molecule has 2 atom stereocenters. The van der Waals surface area contributed by atoms with Crippen molar-refractivity contribution in [2.24, 2.45) is 11.8 Å². The molecule has 1 heteroatoms. The highest BCUT2D eigenvalue weighted by Crippen LogP contribution is 2.43. The van der Waals surface area contributed by atoms with Crippen LogP contribution >= 0.6 is 0 Å². The molecule has 1 aromatic rings. The zero-order valence-electron chi connectivity index (χ0n) is 11.2.